The Hall–Kier alpha value is -2.82. The van der Waals surface area contributed by atoms with Crippen LogP contribution in [0.15, 0.2) is 48.5 Å². The maximum absolute atomic E-state index is 12.4. The highest BCUT2D eigenvalue weighted by atomic mass is 16.2. The first-order chi connectivity index (χ1) is 12.7. The van der Waals surface area contributed by atoms with Crippen LogP contribution in [0.25, 0.3) is 0 Å². The number of carbonyl (C=O) groups excluding carboxylic acids is 2. The number of anilines is 3. The number of para-hydroxylation sites is 1. The third-order valence-corrected chi connectivity index (χ3v) is 4.47. The molecule has 2 amide bonds. The number of fused-ring (bicyclic) bond motifs is 1. The van der Waals surface area contributed by atoms with Gasteiger partial charge in [0, 0.05) is 30.0 Å². The molecule has 0 spiro atoms. The fourth-order valence-corrected chi connectivity index (χ4v) is 3.24. The van der Waals surface area contributed by atoms with Crippen LogP contribution in [0.5, 0.6) is 0 Å². The molecular formula is C21H25N3O2. The predicted octanol–water partition coefficient (Wildman–Crippen LogP) is 3.82. The number of rotatable bonds is 6. The van der Waals surface area contributed by atoms with Gasteiger partial charge in [0.05, 0.1) is 6.54 Å². The lowest BCUT2D eigenvalue weighted by Gasteiger charge is -2.30. The summed E-state index contributed by atoms with van der Waals surface area (Å²) in [6, 6.07) is 15.5. The second-order valence-electron chi connectivity index (χ2n) is 6.58. The average molecular weight is 351 g/mol. The molecule has 0 aromatic heterocycles. The summed E-state index contributed by atoms with van der Waals surface area (Å²) >= 11 is 0. The van der Waals surface area contributed by atoms with Gasteiger partial charge >= 0.3 is 0 Å². The Morgan fingerprint density at radius 2 is 1.62 bits per heavy atom. The third-order valence-electron chi connectivity index (χ3n) is 4.47. The quantitative estimate of drug-likeness (QED) is 0.832. The van der Waals surface area contributed by atoms with E-state index in [2.05, 4.69) is 27.7 Å². The first-order valence-electron chi connectivity index (χ1n) is 9.18. The van der Waals surface area contributed by atoms with E-state index >= 15 is 0 Å². The Morgan fingerprint density at radius 3 is 2.31 bits per heavy atom. The number of hydrogen-bond donors (Lipinski definition) is 2. The highest BCUT2D eigenvalue weighted by Crippen LogP contribution is 2.26. The lowest BCUT2D eigenvalue weighted by molar-refractivity contribution is -0.116. The van der Waals surface area contributed by atoms with Crippen molar-refractivity contribution in [2.45, 2.75) is 32.6 Å². The molecule has 1 aliphatic rings. The van der Waals surface area contributed by atoms with Crippen molar-refractivity contribution in [2.75, 3.05) is 28.6 Å². The van der Waals surface area contributed by atoms with E-state index in [-0.39, 0.29) is 11.8 Å². The van der Waals surface area contributed by atoms with Crippen LogP contribution in [0, 0.1) is 0 Å². The van der Waals surface area contributed by atoms with E-state index in [1.165, 1.54) is 5.56 Å². The molecule has 0 unspecified atom stereocenters. The molecule has 5 nitrogen and oxygen atoms in total. The fourth-order valence-electron chi connectivity index (χ4n) is 3.24. The van der Waals surface area contributed by atoms with Crippen molar-refractivity contribution in [3.8, 4) is 0 Å². The SMILES string of the molecule is CCCC(=O)Nc1ccc(NC(=O)CN2CCCc3ccccc32)cc1. The molecule has 0 radical (unpaired) electrons. The second-order valence-corrected chi connectivity index (χ2v) is 6.58. The van der Waals surface area contributed by atoms with E-state index in [0.29, 0.717) is 13.0 Å². The van der Waals surface area contributed by atoms with Gasteiger partial charge in [0.25, 0.3) is 0 Å². The monoisotopic (exact) mass is 351 g/mol. The Balaban J connectivity index is 1.56. The molecule has 0 aliphatic carbocycles. The molecule has 26 heavy (non-hydrogen) atoms. The summed E-state index contributed by atoms with van der Waals surface area (Å²) < 4.78 is 0. The summed E-state index contributed by atoms with van der Waals surface area (Å²) in [5.41, 5.74) is 3.93. The predicted molar refractivity (Wildman–Crippen MR) is 106 cm³/mol. The van der Waals surface area contributed by atoms with Crippen LogP contribution >= 0.6 is 0 Å². The summed E-state index contributed by atoms with van der Waals surface area (Å²) in [7, 11) is 0. The lowest BCUT2D eigenvalue weighted by atomic mass is 10.0. The highest BCUT2D eigenvalue weighted by Gasteiger charge is 2.18. The van der Waals surface area contributed by atoms with Crippen LogP contribution in [-0.4, -0.2) is 24.9 Å². The molecule has 0 saturated heterocycles. The average Bonchev–Trinajstić information content (AvgIpc) is 2.64. The molecule has 5 heteroatoms. The largest absolute Gasteiger partial charge is 0.362 e. The van der Waals surface area contributed by atoms with Gasteiger partial charge in [-0.15, -0.1) is 0 Å². The van der Waals surface area contributed by atoms with Crippen LogP contribution in [-0.2, 0) is 16.0 Å². The summed E-state index contributed by atoms with van der Waals surface area (Å²) in [6.45, 7) is 3.21. The second kappa shape index (κ2) is 8.52. The summed E-state index contributed by atoms with van der Waals surface area (Å²) in [6.07, 6.45) is 3.46. The lowest BCUT2D eigenvalue weighted by Crippen LogP contribution is -2.36. The van der Waals surface area contributed by atoms with Crippen molar-refractivity contribution in [2.24, 2.45) is 0 Å². The molecule has 0 atom stereocenters. The van der Waals surface area contributed by atoms with Gasteiger partial charge in [0.1, 0.15) is 0 Å². The minimum absolute atomic E-state index is 0.00745. The van der Waals surface area contributed by atoms with Crippen molar-refractivity contribution >= 4 is 28.9 Å². The number of nitrogens with one attached hydrogen (secondary N) is 2. The van der Waals surface area contributed by atoms with Gasteiger partial charge in [-0.05, 0) is 55.2 Å². The minimum Gasteiger partial charge on any atom is -0.362 e. The van der Waals surface area contributed by atoms with Gasteiger partial charge in [-0.25, -0.2) is 0 Å². The Morgan fingerprint density at radius 1 is 0.962 bits per heavy atom. The number of nitrogens with zero attached hydrogens (tertiary/aromatic N) is 1. The molecule has 136 valence electrons. The maximum atomic E-state index is 12.4. The molecule has 2 aromatic carbocycles. The molecule has 1 heterocycles. The first kappa shape index (κ1) is 18.0. The zero-order valence-corrected chi connectivity index (χ0v) is 15.1. The van der Waals surface area contributed by atoms with E-state index in [0.717, 1.165) is 42.9 Å². The van der Waals surface area contributed by atoms with Crippen molar-refractivity contribution < 1.29 is 9.59 Å². The van der Waals surface area contributed by atoms with Crippen molar-refractivity contribution in [1.29, 1.82) is 0 Å². The van der Waals surface area contributed by atoms with Crippen molar-refractivity contribution in [1.82, 2.24) is 0 Å². The molecule has 2 aromatic rings. The third kappa shape index (κ3) is 4.63. The zero-order chi connectivity index (χ0) is 18.4. The van der Waals surface area contributed by atoms with Crippen LogP contribution in [0.2, 0.25) is 0 Å². The van der Waals surface area contributed by atoms with Gasteiger partial charge in [0.2, 0.25) is 11.8 Å². The van der Waals surface area contributed by atoms with E-state index in [9.17, 15) is 9.59 Å². The van der Waals surface area contributed by atoms with Gasteiger partial charge in [-0.1, -0.05) is 25.1 Å². The summed E-state index contributed by atoms with van der Waals surface area (Å²) in [4.78, 5) is 26.2. The number of carbonyl (C=O) groups is 2. The van der Waals surface area contributed by atoms with E-state index < -0.39 is 0 Å². The molecule has 1 aliphatic heterocycles. The van der Waals surface area contributed by atoms with Crippen LogP contribution in [0.1, 0.15) is 31.7 Å². The van der Waals surface area contributed by atoms with E-state index in [1.807, 2.05) is 31.2 Å². The highest BCUT2D eigenvalue weighted by molar-refractivity contribution is 5.95. The molecule has 0 bridgehead atoms. The zero-order valence-electron chi connectivity index (χ0n) is 15.1. The van der Waals surface area contributed by atoms with E-state index in [1.54, 1.807) is 12.1 Å². The minimum atomic E-state index is -0.0375. The Bertz CT molecular complexity index is 771. The van der Waals surface area contributed by atoms with Gasteiger partial charge < -0.3 is 15.5 Å². The molecule has 0 fully saturated rings. The standard InChI is InChI=1S/C21H25N3O2/c1-2-6-20(25)22-17-10-12-18(13-11-17)23-21(26)15-24-14-5-8-16-7-3-4-9-19(16)24/h3-4,7,9-13H,2,5-6,8,14-15H2,1H3,(H,22,25)(H,23,26). The fraction of sp³-hybridized carbons (Fsp3) is 0.333. The van der Waals surface area contributed by atoms with Crippen molar-refractivity contribution in [3.63, 3.8) is 0 Å². The summed E-state index contributed by atoms with van der Waals surface area (Å²) in [5.74, 6) is -0.0301. The molecular weight excluding hydrogens is 326 g/mol. The maximum Gasteiger partial charge on any atom is 0.243 e. The van der Waals surface area contributed by atoms with Crippen molar-refractivity contribution in [3.05, 3.63) is 54.1 Å². The summed E-state index contributed by atoms with van der Waals surface area (Å²) in [5, 5.41) is 5.77. The Kier molecular flexibility index (Phi) is 5.89. The number of amides is 2. The normalized spacial score (nSPS) is 13.0. The van der Waals surface area contributed by atoms with Crippen LogP contribution in [0.3, 0.4) is 0 Å². The molecule has 2 N–H and O–H groups in total. The number of hydrogen-bond acceptors (Lipinski definition) is 3. The van der Waals surface area contributed by atoms with E-state index in [4.69, 9.17) is 0 Å². The molecule has 0 saturated carbocycles. The molecule has 3 rings (SSSR count). The Labute approximate surface area is 154 Å². The first-order valence-corrected chi connectivity index (χ1v) is 9.18. The van der Waals surface area contributed by atoms with Gasteiger partial charge in [-0.2, -0.15) is 0 Å². The topological polar surface area (TPSA) is 61.4 Å². The van der Waals surface area contributed by atoms with Crippen LogP contribution in [0.4, 0.5) is 17.1 Å². The number of benzene rings is 2. The van der Waals surface area contributed by atoms with Gasteiger partial charge in [-0.3, -0.25) is 9.59 Å². The smallest absolute Gasteiger partial charge is 0.243 e. The number of aryl methyl sites for hydroxylation is 1. The van der Waals surface area contributed by atoms with Gasteiger partial charge in [0.15, 0.2) is 0 Å². The van der Waals surface area contributed by atoms with Crippen LogP contribution < -0.4 is 15.5 Å².